The molecule has 1 fully saturated rings. The van der Waals surface area contributed by atoms with Crippen molar-refractivity contribution in [3.63, 3.8) is 0 Å². The Labute approximate surface area is 88.2 Å². The van der Waals surface area contributed by atoms with Crippen LogP contribution in [0.15, 0.2) is 28.7 Å². The van der Waals surface area contributed by atoms with Crippen molar-refractivity contribution in [2.24, 2.45) is 0 Å². The van der Waals surface area contributed by atoms with Gasteiger partial charge >= 0.3 is 0 Å². The van der Waals surface area contributed by atoms with Gasteiger partial charge in [-0.2, -0.15) is 0 Å². The summed E-state index contributed by atoms with van der Waals surface area (Å²) < 4.78 is 6.66. The molecule has 0 bridgehead atoms. The summed E-state index contributed by atoms with van der Waals surface area (Å²) in [6.07, 6.45) is 2.93. The summed E-state index contributed by atoms with van der Waals surface area (Å²) in [5, 5.41) is 0. The van der Waals surface area contributed by atoms with E-state index in [1.807, 2.05) is 38.1 Å². The highest BCUT2D eigenvalue weighted by Gasteiger charge is 2.23. The number of hydrogen-bond donors (Lipinski definition) is 0. The largest absolute Gasteiger partial charge is 0.490 e. The van der Waals surface area contributed by atoms with E-state index in [2.05, 4.69) is 15.9 Å². The molecule has 1 aromatic rings. The average molecular weight is 243 g/mol. The average Bonchev–Trinajstić information content (AvgIpc) is 2.96. The number of rotatable bonds is 2. The molecule has 13 heavy (non-hydrogen) atoms. The molecule has 0 radical (unpaired) electrons. The van der Waals surface area contributed by atoms with E-state index in [4.69, 9.17) is 4.74 Å². The molecular formula is C11H15BrO. The van der Waals surface area contributed by atoms with Crippen LogP contribution in [0.1, 0.15) is 26.7 Å². The zero-order valence-electron chi connectivity index (χ0n) is 8.09. The Bertz CT molecular complexity index is 239. The van der Waals surface area contributed by atoms with Crippen LogP contribution in [0.3, 0.4) is 0 Å². The monoisotopic (exact) mass is 242 g/mol. The van der Waals surface area contributed by atoms with E-state index in [1.165, 1.54) is 12.8 Å². The van der Waals surface area contributed by atoms with Crippen molar-refractivity contribution in [2.75, 3.05) is 0 Å². The summed E-state index contributed by atoms with van der Waals surface area (Å²) in [5.74, 6) is 0.982. The molecule has 0 N–H and O–H groups in total. The molecule has 1 aliphatic carbocycles. The summed E-state index contributed by atoms with van der Waals surface area (Å²) in [6, 6.07) is 7.97. The first-order valence-electron chi connectivity index (χ1n) is 4.77. The Kier molecular flexibility index (Phi) is 4.29. The summed E-state index contributed by atoms with van der Waals surface area (Å²) in [7, 11) is 0. The van der Waals surface area contributed by atoms with Crippen LogP contribution in [0.5, 0.6) is 5.75 Å². The van der Waals surface area contributed by atoms with Crippen LogP contribution in [-0.4, -0.2) is 6.10 Å². The van der Waals surface area contributed by atoms with Gasteiger partial charge in [0.1, 0.15) is 5.75 Å². The maximum atomic E-state index is 5.56. The van der Waals surface area contributed by atoms with Crippen molar-refractivity contribution in [3.05, 3.63) is 28.7 Å². The molecule has 0 atom stereocenters. The fraction of sp³-hybridized carbons (Fsp3) is 0.455. The fourth-order valence-electron chi connectivity index (χ4n) is 0.892. The summed E-state index contributed by atoms with van der Waals surface area (Å²) >= 11 is 3.37. The number of hydrogen-bond acceptors (Lipinski definition) is 1. The summed E-state index contributed by atoms with van der Waals surface area (Å²) in [4.78, 5) is 0. The van der Waals surface area contributed by atoms with Crippen molar-refractivity contribution in [1.82, 2.24) is 0 Å². The molecule has 0 saturated heterocycles. The van der Waals surface area contributed by atoms with Gasteiger partial charge < -0.3 is 4.74 Å². The molecule has 1 saturated carbocycles. The minimum atomic E-state index is 0.496. The van der Waals surface area contributed by atoms with Crippen LogP contribution in [0.25, 0.3) is 0 Å². The third kappa shape index (κ3) is 3.81. The Morgan fingerprint density at radius 1 is 1.15 bits per heavy atom. The molecule has 2 heteroatoms. The van der Waals surface area contributed by atoms with E-state index in [-0.39, 0.29) is 0 Å². The van der Waals surface area contributed by atoms with Crippen molar-refractivity contribution in [1.29, 1.82) is 0 Å². The summed E-state index contributed by atoms with van der Waals surface area (Å²) in [6.45, 7) is 4.00. The van der Waals surface area contributed by atoms with Crippen LogP contribution in [0.2, 0.25) is 0 Å². The highest BCUT2D eigenvalue weighted by Crippen LogP contribution is 2.27. The van der Waals surface area contributed by atoms with Crippen LogP contribution in [-0.2, 0) is 0 Å². The smallest absolute Gasteiger partial charge is 0.119 e. The third-order valence-electron chi connectivity index (χ3n) is 1.64. The van der Waals surface area contributed by atoms with Gasteiger partial charge in [0.15, 0.2) is 0 Å². The molecule has 1 aliphatic rings. The first kappa shape index (κ1) is 10.6. The van der Waals surface area contributed by atoms with Gasteiger partial charge in [0.2, 0.25) is 0 Å². The lowest BCUT2D eigenvalue weighted by atomic mass is 10.3. The fourth-order valence-corrected chi connectivity index (χ4v) is 1.16. The lowest BCUT2D eigenvalue weighted by Crippen LogP contribution is -1.94. The third-order valence-corrected chi connectivity index (χ3v) is 2.17. The van der Waals surface area contributed by atoms with Gasteiger partial charge in [-0.25, -0.2) is 0 Å². The lowest BCUT2D eigenvalue weighted by Gasteiger charge is -2.02. The van der Waals surface area contributed by atoms with E-state index in [9.17, 15) is 0 Å². The molecule has 0 aromatic heterocycles. The minimum absolute atomic E-state index is 0.496. The Balaban J connectivity index is 0.000000396. The lowest BCUT2D eigenvalue weighted by molar-refractivity contribution is 0.303. The predicted molar refractivity (Wildman–Crippen MR) is 59.1 cm³/mol. The zero-order valence-corrected chi connectivity index (χ0v) is 9.67. The SMILES string of the molecule is Brc1ccc(OC2CC2)cc1.CC. The molecular weight excluding hydrogens is 228 g/mol. The van der Waals surface area contributed by atoms with Crippen molar-refractivity contribution < 1.29 is 4.74 Å². The van der Waals surface area contributed by atoms with E-state index in [0.717, 1.165) is 10.2 Å². The van der Waals surface area contributed by atoms with Gasteiger partial charge in [0.05, 0.1) is 6.10 Å². The predicted octanol–water partition coefficient (Wildman–Crippen LogP) is 4.02. The van der Waals surface area contributed by atoms with Gasteiger partial charge in [0.25, 0.3) is 0 Å². The van der Waals surface area contributed by atoms with Crippen LogP contribution in [0, 0.1) is 0 Å². The van der Waals surface area contributed by atoms with E-state index in [1.54, 1.807) is 0 Å². The van der Waals surface area contributed by atoms with Crippen molar-refractivity contribution in [2.45, 2.75) is 32.8 Å². The topological polar surface area (TPSA) is 9.23 Å². The van der Waals surface area contributed by atoms with E-state index in [0.29, 0.717) is 6.10 Å². The Hall–Kier alpha value is -0.500. The standard InChI is InChI=1S/C9H9BrO.C2H6/c10-7-1-3-8(4-2-7)11-9-5-6-9;1-2/h1-4,9H,5-6H2;1-2H3. The van der Waals surface area contributed by atoms with Gasteiger partial charge in [-0.05, 0) is 37.1 Å². The highest BCUT2D eigenvalue weighted by atomic mass is 79.9. The molecule has 0 aliphatic heterocycles. The second-order valence-electron chi connectivity index (χ2n) is 2.77. The molecule has 72 valence electrons. The summed E-state index contributed by atoms with van der Waals surface area (Å²) in [5.41, 5.74) is 0. The molecule has 0 heterocycles. The zero-order chi connectivity index (χ0) is 9.68. The molecule has 2 rings (SSSR count). The number of halogens is 1. The number of ether oxygens (including phenoxy) is 1. The van der Waals surface area contributed by atoms with Gasteiger partial charge in [-0.3, -0.25) is 0 Å². The first-order chi connectivity index (χ1) is 6.34. The minimum Gasteiger partial charge on any atom is -0.490 e. The molecule has 1 nitrogen and oxygen atoms in total. The maximum Gasteiger partial charge on any atom is 0.119 e. The van der Waals surface area contributed by atoms with Gasteiger partial charge in [-0.15, -0.1) is 0 Å². The number of benzene rings is 1. The highest BCUT2D eigenvalue weighted by molar-refractivity contribution is 9.10. The molecule has 0 unspecified atom stereocenters. The normalized spacial score (nSPS) is 14.4. The van der Waals surface area contributed by atoms with E-state index < -0.39 is 0 Å². The van der Waals surface area contributed by atoms with Gasteiger partial charge in [-0.1, -0.05) is 29.8 Å². The molecule has 0 spiro atoms. The van der Waals surface area contributed by atoms with Crippen LogP contribution < -0.4 is 4.74 Å². The van der Waals surface area contributed by atoms with Gasteiger partial charge in [0, 0.05) is 4.47 Å². The van der Waals surface area contributed by atoms with Crippen molar-refractivity contribution >= 4 is 15.9 Å². The second-order valence-corrected chi connectivity index (χ2v) is 3.69. The Morgan fingerprint density at radius 3 is 2.15 bits per heavy atom. The quantitative estimate of drug-likeness (QED) is 0.762. The second kappa shape index (κ2) is 5.28. The molecule has 1 aromatic carbocycles. The first-order valence-corrected chi connectivity index (χ1v) is 5.56. The Morgan fingerprint density at radius 2 is 1.69 bits per heavy atom. The molecule has 0 amide bonds. The van der Waals surface area contributed by atoms with Crippen LogP contribution in [0.4, 0.5) is 0 Å². The maximum absolute atomic E-state index is 5.56. The van der Waals surface area contributed by atoms with E-state index >= 15 is 0 Å². The van der Waals surface area contributed by atoms with Crippen molar-refractivity contribution in [3.8, 4) is 5.75 Å². The van der Waals surface area contributed by atoms with Crippen LogP contribution >= 0.6 is 15.9 Å².